The zero-order chi connectivity index (χ0) is 47.3. The summed E-state index contributed by atoms with van der Waals surface area (Å²) in [4.78, 5) is 37.8. The van der Waals surface area contributed by atoms with Crippen LogP contribution in [0.1, 0.15) is 184 Å². The predicted molar refractivity (Wildman–Crippen MR) is 259 cm³/mol. The molecule has 12 heteroatoms. The maximum absolute atomic E-state index is 12.7. The van der Waals surface area contributed by atoms with Gasteiger partial charge >= 0.3 is 11.9 Å². The smallest absolute Gasteiger partial charge is 0.306 e. The SMILES string of the molecule is CCCCC/C=C\C/C=C\C/C=C\C=C\[C@H](O)CCCC(=O)O[C@H](COC(=O)CCCCCCCCCCCCc1oc(CCCCC)c(C)c1C)COP(=O)([O-])OCC[N+](C)(C)C. The molecule has 1 aromatic heterocycles. The first-order valence-electron chi connectivity index (χ1n) is 24.8. The molecule has 0 aromatic carbocycles. The van der Waals surface area contributed by atoms with E-state index in [4.69, 9.17) is 22.9 Å². The third-order valence-electron chi connectivity index (χ3n) is 11.2. The molecular formula is C52H90NO10P. The van der Waals surface area contributed by atoms with Crippen molar-refractivity contribution in [2.24, 2.45) is 0 Å². The molecule has 1 aromatic rings. The van der Waals surface area contributed by atoms with Gasteiger partial charge < -0.3 is 37.4 Å². The second-order valence-corrected chi connectivity index (χ2v) is 19.7. The van der Waals surface area contributed by atoms with Crippen LogP contribution in [-0.2, 0) is 45.5 Å². The number of rotatable bonds is 41. The Morgan fingerprint density at radius 3 is 1.86 bits per heavy atom. The minimum Gasteiger partial charge on any atom is -0.756 e. The number of aliphatic hydroxyl groups excluding tert-OH is 1. The zero-order valence-electron chi connectivity index (χ0n) is 41.3. The molecule has 0 saturated heterocycles. The Balaban J connectivity index is 2.37. The van der Waals surface area contributed by atoms with Gasteiger partial charge in [0.25, 0.3) is 7.82 Å². The highest BCUT2D eigenvalue weighted by Gasteiger charge is 2.22. The molecule has 1 heterocycles. The van der Waals surface area contributed by atoms with Crippen LogP contribution in [0.2, 0.25) is 0 Å². The van der Waals surface area contributed by atoms with E-state index in [1.165, 1.54) is 93.3 Å². The van der Waals surface area contributed by atoms with Crippen LogP contribution in [-0.4, -0.2) is 81.2 Å². The molecule has 0 spiro atoms. The molecule has 0 aliphatic heterocycles. The third kappa shape index (κ3) is 33.7. The Morgan fingerprint density at radius 1 is 0.688 bits per heavy atom. The van der Waals surface area contributed by atoms with Crippen LogP contribution in [0.4, 0.5) is 0 Å². The lowest BCUT2D eigenvalue weighted by molar-refractivity contribution is -0.870. The van der Waals surface area contributed by atoms with Gasteiger partial charge in [0.2, 0.25) is 0 Å². The standard InChI is InChI=1S/C52H90NO10P/c1-8-10-12-13-14-15-16-17-18-21-24-27-31-35-47(54)36-34-40-52(56)62-48(44-61-64(57,58)60-42-41-53(5,6)7)43-59-51(55)39-33-29-26-23-20-19-22-25-28-32-38-50-46(4)45(3)49(63-50)37-30-11-9-2/h14-15,17-18,24,27,31,35,47-48,54H,8-13,16,19-23,25-26,28-30,32-34,36-44H2,1-7H3/b15-14-,18-17-,27-24-,35-31+/t47-,48+/m0/s1. The van der Waals surface area contributed by atoms with Gasteiger partial charge in [-0.25, -0.2) is 0 Å². The van der Waals surface area contributed by atoms with E-state index in [2.05, 4.69) is 52.0 Å². The van der Waals surface area contributed by atoms with Gasteiger partial charge in [-0.15, -0.1) is 0 Å². The minimum absolute atomic E-state index is 0.0106. The van der Waals surface area contributed by atoms with Crippen molar-refractivity contribution in [3.8, 4) is 0 Å². The van der Waals surface area contributed by atoms with E-state index in [1.54, 1.807) is 12.2 Å². The number of carbonyl (C=O) groups excluding carboxylic acids is 2. The molecule has 0 saturated carbocycles. The van der Waals surface area contributed by atoms with E-state index >= 15 is 0 Å². The Hall–Kier alpha value is -2.79. The van der Waals surface area contributed by atoms with Crippen molar-refractivity contribution in [2.45, 2.75) is 200 Å². The number of furan rings is 1. The number of phosphoric ester groups is 1. The summed E-state index contributed by atoms with van der Waals surface area (Å²) in [6.07, 6.45) is 38.4. The number of likely N-dealkylation sites (N-methyl/N-ethyl adjacent to an activating group) is 1. The summed E-state index contributed by atoms with van der Waals surface area (Å²) in [5.41, 5.74) is 2.68. The van der Waals surface area contributed by atoms with Crippen LogP contribution in [0, 0.1) is 13.8 Å². The van der Waals surface area contributed by atoms with Crippen LogP contribution in [0.3, 0.4) is 0 Å². The van der Waals surface area contributed by atoms with Gasteiger partial charge in [-0.2, -0.15) is 0 Å². The molecule has 368 valence electrons. The van der Waals surface area contributed by atoms with Crippen molar-refractivity contribution < 1.29 is 51.6 Å². The Labute approximate surface area is 389 Å². The van der Waals surface area contributed by atoms with E-state index in [-0.39, 0.29) is 26.1 Å². The first-order chi connectivity index (χ1) is 30.7. The highest BCUT2D eigenvalue weighted by atomic mass is 31.2. The molecule has 11 nitrogen and oxygen atoms in total. The fourth-order valence-corrected chi connectivity index (χ4v) is 7.66. The fraction of sp³-hybridized carbons (Fsp3) is 0.731. The van der Waals surface area contributed by atoms with Gasteiger partial charge in [-0.3, -0.25) is 14.2 Å². The third-order valence-corrected chi connectivity index (χ3v) is 12.1. The minimum atomic E-state index is -4.69. The number of allylic oxidation sites excluding steroid dienone is 7. The summed E-state index contributed by atoms with van der Waals surface area (Å²) in [6, 6.07) is 0. The Kier molecular flexibility index (Phi) is 34.5. The van der Waals surface area contributed by atoms with E-state index in [0.29, 0.717) is 30.3 Å². The van der Waals surface area contributed by atoms with Gasteiger partial charge in [-0.05, 0) is 82.8 Å². The molecule has 1 rings (SSSR count). The van der Waals surface area contributed by atoms with Crippen LogP contribution < -0.4 is 4.89 Å². The normalized spacial score (nSPS) is 14.3. The Bertz CT molecular complexity index is 1520. The number of carbonyl (C=O) groups is 2. The van der Waals surface area contributed by atoms with E-state index < -0.39 is 38.6 Å². The highest BCUT2D eigenvalue weighted by molar-refractivity contribution is 7.45. The summed E-state index contributed by atoms with van der Waals surface area (Å²) < 4.78 is 40.1. The lowest BCUT2D eigenvalue weighted by Crippen LogP contribution is -2.37. The first-order valence-corrected chi connectivity index (χ1v) is 26.3. The molecule has 0 bridgehead atoms. The van der Waals surface area contributed by atoms with E-state index in [0.717, 1.165) is 57.8 Å². The predicted octanol–water partition coefficient (Wildman–Crippen LogP) is 12.2. The molecule has 64 heavy (non-hydrogen) atoms. The number of nitrogens with zero attached hydrogens (tertiary/aromatic N) is 1. The molecule has 1 N–H and O–H groups in total. The van der Waals surface area contributed by atoms with Gasteiger partial charge in [0, 0.05) is 25.7 Å². The van der Waals surface area contributed by atoms with Crippen LogP contribution in [0.5, 0.6) is 0 Å². The number of quaternary nitrogens is 1. The summed E-state index contributed by atoms with van der Waals surface area (Å²) in [6.45, 7) is 8.31. The molecule has 0 fully saturated rings. The van der Waals surface area contributed by atoms with Gasteiger partial charge in [0.05, 0.1) is 33.9 Å². The number of unbranched alkanes of at least 4 members (excludes halogenated alkanes) is 14. The number of aliphatic hydroxyl groups is 1. The topological polar surface area (TPSA) is 145 Å². The van der Waals surface area contributed by atoms with Gasteiger partial charge in [0.15, 0.2) is 6.10 Å². The van der Waals surface area contributed by atoms with Crippen molar-refractivity contribution in [3.05, 3.63) is 71.3 Å². The Morgan fingerprint density at radius 2 is 1.23 bits per heavy atom. The summed E-state index contributed by atoms with van der Waals surface area (Å²) in [5, 5.41) is 10.3. The van der Waals surface area contributed by atoms with E-state index in [9.17, 15) is 24.2 Å². The van der Waals surface area contributed by atoms with Crippen LogP contribution >= 0.6 is 7.82 Å². The number of hydrogen-bond acceptors (Lipinski definition) is 10. The average molecular weight is 920 g/mol. The number of esters is 2. The summed E-state index contributed by atoms with van der Waals surface area (Å²) >= 11 is 0. The second kappa shape index (κ2) is 37.3. The molecular weight excluding hydrogens is 830 g/mol. The summed E-state index contributed by atoms with van der Waals surface area (Å²) in [7, 11) is 1.03. The molecule has 0 amide bonds. The number of ether oxygens (including phenoxy) is 2. The summed E-state index contributed by atoms with van der Waals surface area (Å²) in [5.74, 6) is 1.31. The monoisotopic (exact) mass is 920 g/mol. The lowest BCUT2D eigenvalue weighted by atomic mass is 10.0. The first kappa shape index (κ1) is 59.2. The quantitative estimate of drug-likeness (QED) is 0.0168. The second-order valence-electron chi connectivity index (χ2n) is 18.3. The van der Waals surface area contributed by atoms with Crippen LogP contribution in [0.15, 0.2) is 53.0 Å². The van der Waals surface area contributed by atoms with Crippen molar-refractivity contribution >= 4 is 19.8 Å². The van der Waals surface area contributed by atoms with Crippen LogP contribution in [0.25, 0.3) is 0 Å². The van der Waals surface area contributed by atoms with E-state index in [1.807, 2.05) is 33.3 Å². The average Bonchev–Trinajstić information content (AvgIpc) is 3.51. The largest absolute Gasteiger partial charge is 0.756 e. The molecule has 0 aliphatic rings. The maximum Gasteiger partial charge on any atom is 0.306 e. The fourth-order valence-electron chi connectivity index (χ4n) is 6.94. The number of hydrogen-bond donors (Lipinski definition) is 1. The molecule has 0 radical (unpaired) electrons. The highest BCUT2D eigenvalue weighted by Crippen LogP contribution is 2.38. The molecule has 3 atom stereocenters. The lowest BCUT2D eigenvalue weighted by Gasteiger charge is -2.28. The number of phosphoric acid groups is 1. The van der Waals surface area contributed by atoms with Crippen molar-refractivity contribution in [1.29, 1.82) is 0 Å². The maximum atomic E-state index is 12.7. The van der Waals surface area contributed by atoms with Crippen molar-refractivity contribution in [2.75, 3.05) is 47.5 Å². The van der Waals surface area contributed by atoms with Crippen molar-refractivity contribution in [1.82, 2.24) is 0 Å². The molecule has 0 aliphatic carbocycles. The zero-order valence-corrected chi connectivity index (χ0v) is 42.2. The van der Waals surface area contributed by atoms with Gasteiger partial charge in [-0.1, -0.05) is 140 Å². The van der Waals surface area contributed by atoms with Gasteiger partial charge in [0.1, 0.15) is 31.3 Å². The number of aryl methyl sites for hydroxylation is 2. The van der Waals surface area contributed by atoms with Crippen molar-refractivity contribution in [3.63, 3.8) is 0 Å². The molecule has 1 unspecified atom stereocenters.